The molecule has 11 nitrogen and oxygen atoms in total. The van der Waals surface area contributed by atoms with Gasteiger partial charge >= 0.3 is 0 Å². The Morgan fingerprint density at radius 2 is 1.80 bits per heavy atom. The van der Waals surface area contributed by atoms with Crippen molar-refractivity contribution in [3.63, 3.8) is 0 Å². The van der Waals surface area contributed by atoms with E-state index in [4.69, 9.17) is 4.74 Å². The molecular formula is C38H44N6O5S. The number of piperazine rings is 1. The number of aromatic nitrogens is 3. The van der Waals surface area contributed by atoms with Gasteiger partial charge in [-0.15, -0.1) is 0 Å². The Morgan fingerprint density at radius 1 is 1.04 bits per heavy atom. The molecule has 262 valence electrons. The Bertz CT molecular complexity index is 2140. The summed E-state index contributed by atoms with van der Waals surface area (Å²) in [5.41, 5.74) is 4.97. The molecule has 1 aromatic carbocycles. The van der Waals surface area contributed by atoms with Crippen LogP contribution in [0.25, 0.3) is 10.9 Å². The molecule has 3 aliphatic carbocycles. The molecule has 0 radical (unpaired) electrons. The molecule has 2 saturated heterocycles. The molecule has 0 spiro atoms. The fourth-order valence-electron chi connectivity index (χ4n) is 10.0. The molecule has 6 aliphatic rings. The number of aryl methyl sites for hydroxylation is 1. The lowest BCUT2D eigenvalue weighted by molar-refractivity contribution is -0.163. The summed E-state index contributed by atoms with van der Waals surface area (Å²) in [4.78, 5) is 37.6. The smallest absolute Gasteiger partial charge is 0.283 e. The van der Waals surface area contributed by atoms with E-state index in [9.17, 15) is 13.2 Å². The molecule has 2 amide bonds. The average molecular weight is 697 g/mol. The van der Waals surface area contributed by atoms with Gasteiger partial charge in [0.2, 0.25) is 0 Å². The lowest BCUT2D eigenvalue weighted by Gasteiger charge is -2.48. The first-order valence-electron chi connectivity index (χ1n) is 18.0. The van der Waals surface area contributed by atoms with Crippen molar-refractivity contribution in [1.29, 1.82) is 0 Å². The number of rotatable bonds is 6. The van der Waals surface area contributed by atoms with Crippen molar-refractivity contribution >= 4 is 32.7 Å². The van der Waals surface area contributed by atoms with Gasteiger partial charge in [-0.3, -0.25) is 9.59 Å². The Kier molecular flexibility index (Phi) is 7.35. The van der Waals surface area contributed by atoms with Crippen LogP contribution in [0.3, 0.4) is 0 Å². The summed E-state index contributed by atoms with van der Waals surface area (Å²) >= 11 is 0. The molecule has 3 unspecified atom stereocenters. The molecule has 3 fully saturated rings. The van der Waals surface area contributed by atoms with Gasteiger partial charge in [0.15, 0.2) is 10.6 Å². The number of fused-ring (bicyclic) bond motifs is 8. The summed E-state index contributed by atoms with van der Waals surface area (Å²) in [6.07, 6.45) is 15.1. The van der Waals surface area contributed by atoms with Crippen LogP contribution in [0.2, 0.25) is 0 Å². The van der Waals surface area contributed by atoms with E-state index >= 15 is 4.79 Å². The number of hydrogen-bond donors (Lipinski definition) is 1. The molecule has 4 atom stereocenters. The Balaban J connectivity index is 1.21. The zero-order chi connectivity index (χ0) is 34.5. The Morgan fingerprint density at radius 3 is 2.50 bits per heavy atom. The highest BCUT2D eigenvalue weighted by atomic mass is 32.2. The number of likely N-dealkylation sites (N-methyl/N-ethyl adjacent to an activating group) is 1. The number of hydrogen-bond acceptors (Lipinski definition) is 7. The summed E-state index contributed by atoms with van der Waals surface area (Å²) in [6.45, 7) is 2.08. The third kappa shape index (κ3) is 4.74. The van der Waals surface area contributed by atoms with E-state index in [1.165, 1.54) is 41.9 Å². The molecule has 1 saturated carbocycles. The van der Waals surface area contributed by atoms with E-state index in [0.29, 0.717) is 24.5 Å². The van der Waals surface area contributed by atoms with E-state index in [-0.39, 0.29) is 23.0 Å². The van der Waals surface area contributed by atoms with Gasteiger partial charge in [0, 0.05) is 69.6 Å². The van der Waals surface area contributed by atoms with Gasteiger partial charge in [0.1, 0.15) is 0 Å². The van der Waals surface area contributed by atoms with Crippen LogP contribution in [0.4, 0.5) is 0 Å². The van der Waals surface area contributed by atoms with Crippen LogP contribution in [0.1, 0.15) is 74.5 Å². The summed E-state index contributed by atoms with van der Waals surface area (Å²) < 4.78 is 39.2. The average Bonchev–Trinajstić information content (AvgIpc) is 3.31. The second kappa shape index (κ2) is 11.5. The molecule has 9 rings (SSSR count). The van der Waals surface area contributed by atoms with Gasteiger partial charge in [-0.2, -0.15) is 8.42 Å². The maximum Gasteiger partial charge on any atom is 0.283 e. The first kappa shape index (κ1) is 31.9. The number of likely N-dealkylation sites (tertiary alicyclic amines) is 1. The van der Waals surface area contributed by atoms with E-state index in [0.717, 1.165) is 72.1 Å². The second-order valence-electron chi connectivity index (χ2n) is 15.2. The normalized spacial score (nSPS) is 28.1. The number of ether oxygens (including phenoxy) is 1. The molecule has 50 heavy (non-hydrogen) atoms. The number of amides is 2. The van der Waals surface area contributed by atoms with Crippen molar-refractivity contribution < 1.29 is 22.7 Å². The Hall–Kier alpha value is -4.00. The van der Waals surface area contributed by atoms with Crippen molar-refractivity contribution in [2.24, 2.45) is 7.05 Å². The Labute approximate surface area is 292 Å². The molecule has 1 N–H and O–H groups in total. The van der Waals surface area contributed by atoms with Crippen LogP contribution in [0.5, 0.6) is 0 Å². The van der Waals surface area contributed by atoms with Gasteiger partial charge < -0.3 is 23.7 Å². The topological polar surface area (TPSA) is 119 Å². The van der Waals surface area contributed by atoms with E-state index in [1.807, 2.05) is 12.2 Å². The largest absolute Gasteiger partial charge is 0.367 e. The third-order valence-corrected chi connectivity index (χ3v) is 13.5. The van der Waals surface area contributed by atoms with Gasteiger partial charge in [-0.05, 0) is 67.0 Å². The minimum absolute atomic E-state index is 0.00481. The van der Waals surface area contributed by atoms with Crippen LogP contribution in [0, 0.1) is 0 Å². The van der Waals surface area contributed by atoms with Crippen molar-refractivity contribution in [3.05, 3.63) is 82.5 Å². The molecule has 3 aliphatic heterocycles. The highest BCUT2D eigenvalue weighted by Crippen LogP contribution is 2.57. The summed E-state index contributed by atoms with van der Waals surface area (Å²) in [6, 6.07) is 9.03. The fraction of sp³-hybridized carbons (Fsp3) is 0.500. The summed E-state index contributed by atoms with van der Waals surface area (Å²) in [7, 11) is 1.25. The number of benzene rings is 1. The first-order valence-corrected chi connectivity index (χ1v) is 19.5. The van der Waals surface area contributed by atoms with Crippen LogP contribution < -0.4 is 4.72 Å². The standard InChI is InChI=1S/C38H44N6O5S/c1-41-18-25-14-15-26(19-41)44(25)37(46)38(49-3)16-8-13-28-32-29(33(32)36(45)40-50(47,48)31-21-42(2)22-39-31)20-43-30(34(28)38)17-24-11-7-12-27(35(24)43)23-9-5-4-6-10-23/h7-8,11-13,17,21-23,25-26,34H,4-6,9-10,14-16,18-20H2,1-3H3,(H,40,45)/t25?,26?,34?,38-/m0/s1. The van der Waals surface area contributed by atoms with Crippen molar-refractivity contribution in [1.82, 2.24) is 28.6 Å². The zero-order valence-electron chi connectivity index (χ0n) is 28.9. The number of carbonyl (C=O) groups is 2. The molecule has 12 heteroatoms. The number of nitrogens with one attached hydrogen (secondary N) is 1. The van der Waals surface area contributed by atoms with Crippen LogP contribution in [0.15, 0.2) is 76.3 Å². The van der Waals surface area contributed by atoms with Gasteiger partial charge in [0.25, 0.3) is 21.8 Å². The predicted octanol–water partition coefficient (Wildman–Crippen LogP) is 4.28. The fourth-order valence-corrected chi connectivity index (χ4v) is 10.9. The minimum atomic E-state index is -4.20. The van der Waals surface area contributed by atoms with Gasteiger partial charge in [-0.1, -0.05) is 49.6 Å². The summed E-state index contributed by atoms with van der Waals surface area (Å²) in [5.74, 6) is -0.738. The molecular weight excluding hydrogens is 653 g/mol. The SMILES string of the molecule is CO[C@@]1(C(=O)N2C3CCC2CN(C)C3)CC=CC2=C3C(=C3C(=O)NS(=O)(=O)c3cn(C)cn3)Cn3c(cc4cccc(C5CCCCC5)c43)C21. The zero-order valence-corrected chi connectivity index (χ0v) is 29.7. The lowest BCUT2D eigenvalue weighted by atomic mass is 9.71. The van der Waals surface area contributed by atoms with E-state index in [2.05, 4.69) is 55.4 Å². The maximum absolute atomic E-state index is 15.2. The molecule has 2 aromatic heterocycles. The van der Waals surface area contributed by atoms with E-state index in [1.54, 1.807) is 14.2 Å². The number of allylic oxidation sites excluding steroid dienone is 2. The highest BCUT2D eigenvalue weighted by molar-refractivity contribution is 7.90. The quantitative estimate of drug-likeness (QED) is 0.409. The minimum Gasteiger partial charge on any atom is -0.367 e. The molecule has 5 heterocycles. The van der Waals surface area contributed by atoms with Crippen LogP contribution in [-0.4, -0.2) is 89.1 Å². The molecule has 3 aromatic rings. The van der Waals surface area contributed by atoms with Crippen LogP contribution in [-0.2, 0) is 37.9 Å². The number of imidazole rings is 1. The van der Waals surface area contributed by atoms with E-state index < -0.39 is 27.4 Å². The molecule has 2 bridgehead atoms. The number of carbonyl (C=O) groups excluding carboxylic acids is 2. The predicted molar refractivity (Wildman–Crippen MR) is 188 cm³/mol. The number of methoxy groups -OCH3 is 1. The number of sulfonamides is 1. The first-order chi connectivity index (χ1) is 24.1. The van der Waals surface area contributed by atoms with Gasteiger partial charge in [0.05, 0.1) is 23.3 Å². The maximum atomic E-state index is 15.2. The van der Waals surface area contributed by atoms with Crippen molar-refractivity contribution in [2.75, 3.05) is 27.2 Å². The summed E-state index contributed by atoms with van der Waals surface area (Å²) in [5, 5.41) is 0.900. The van der Waals surface area contributed by atoms with Crippen molar-refractivity contribution in [3.8, 4) is 0 Å². The monoisotopic (exact) mass is 696 g/mol. The second-order valence-corrected chi connectivity index (χ2v) is 16.9. The highest BCUT2D eigenvalue weighted by Gasteiger charge is 2.58. The lowest BCUT2D eigenvalue weighted by Crippen LogP contribution is -2.62. The number of nitrogens with zero attached hydrogens (tertiary/aromatic N) is 5. The van der Waals surface area contributed by atoms with Gasteiger partial charge in [-0.25, -0.2) is 9.71 Å². The van der Waals surface area contributed by atoms with Crippen LogP contribution >= 0.6 is 0 Å². The third-order valence-electron chi connectivity index (χ3n) is 12.3. The number of para-hydroxylation sites is 1. The van der Waals surface area contributed by atoms with Crippen molar-refractivity contribution in [2.45, 2.75) is 92.5 Å².